The van der Waals surface area contributed by atoms with E-state index in [1.807, 2.05) is 0 Å². The summed E-state index contributed by atoms with van der Waals surface area (Å²) in [5.74, 6) is -2.29. The third kappa shape index (κ3) is 102. The summed E-state index contributed by atoms with van der Waals surface area (Å²) in [4.78, 5) is 39.9. The van der Waals surface area contributed by atoms with E-state index in [2.05, 4.69) is 4.74 Å². The fraction of sp³-hybridized carbons (Fsp3) is 0.750. The molecule has 0 atom stereocenters. The Bertz CT molecular complexity index is 331. The van der Waals surface area contributed by atoms with Crippen LogP contribution in [0.1, 0.15) is 61.3 Å². The third-order valence-corrected chi connectivity index (χ3v) is 1.09. The number of rotatable bonds is 5. The van der Waals surface area contributed by atoms with Crippen molar-refractivity contribution < 1.29 is 61.0 Å². The molecule has 1 radical (unpaired) electrons. The molecule has 0 bridgehead atoms. The number of hydrogen-bond acceptors (Lipinski definition) is 8. The van der Waals surface area contributed by atoms with Gasteiger partial charge in [0.25, 0.3) is 0 Å². The molecule has 0 spiro atoms. The van der Waals surface area contributed by atoms with E-state index < -0.39 is 30.6 Å². The number of esters is 1. The Hall–Kier alpha value is -1.09. The Morgan fingerprint density at radius 2 is 1.12 bits per heavy atom. The zero-order valence-corrected chi connectivity index (χ0v) is 17.6. The molecule has 0 aromatic heterocycles. The van der Waals surface area contributed by atoms with Crippen molar-refractivity contribution in [3.8, 4) is 0 Å². The summed E-state index contributed by atoms with van der Waals surface area (Å²) in [6.45, 7) is 11.1. The second-order valence-electron chi connectivity index (χ2n) is 5.03. The molecule has 25 heavy (non-hydrogen) atoms. The minimum Gasteiger partial charge on any atom is -0.852 e. The first kappa shape index (κ1) is 35.1. The van der Waals surface area contributed by atoms with Gasteiger partial charge in [-0.05, 0) is 20.8 Å². The number of carbonyl (C=O) groups is 4. The zero-order valence-electron chi connectivity index (χ0n) is 16.0. The predicted molar refractivity (Wildman–Crippen MR) is 82.5 cm³/mol. The van der Waals surface area contributed by atoms with Crippen molar-refractivity contribution >= 4 is 23.5 Å². The van der Waals surface area contributed by atoms with E-state index in [0.717, 1.165) is 0 Å². The summed E-state index contributed by atoms with van der Waals surface area (Å²) in [6.07, 6.45) is -1.41. The molecule has 0 heterocycles. The van der Waals surface area contributed by atoms with Crippen molar-refractivity contribution in [2.45, 2.75) is 73.5 Å². The minimum atomic E-state index is -1.31. The summed E-state index contributed by atoms with van der Waals surface area (Å²) in [5, 5.41) is 28.5. The van der Waals surface area contributed by atoms with Crippen molar-refractivity contribution in [1.82, 2.24) is 0 Å². The summed E-state index contributed by atoms with van der Waals surface area (Å²) >= 11 is 0. The van der Waals surface area contributed by atoms with Gasteiger partial charge in [0.1, 0.15) is 18.0 Å². The second kappa shape index (κ2) is 25.2. The van der Waals surface area contributed by atoms with Crippen molar-refractivity contribution in [3.05, 3.63) is 0 Å². The molecule has 0 aliphatic rings. The zero-order chi connectivity index (χ0) is 20.3. The van der Waals surface area contributed by atoms with Crippen LogP contribution in [0.4, 0.5) is 0 Å². The quantitative estimate of drug-likeness (QED) is 0.318. The molecule has 0 amide bonds. The molecule has 0 fully saturated rings. The average Bonchev–Trinajstić information content (AvgIpc) is 2.24. The second-order valence-corrected chi connectivity index (χ2v) is 5.03. The van der Waals surface area contributed by atoms with Crippen LogP contribution in [0.2, 0.25) is 0 Å². The van der Waals surface area contributed by atoms with Gasteiger partial charge in [-0.15, -0.1) is 12.2 Å². The number of ether oxygens (including phenoxy) is 1. The van der Waals surface area contributed by atoms with Crippen LogP contribution in [-0.2, 0) is 45.6 Å². The van der Waals surface area contributed by atoms with Crippen molar-refractivity contribution in [3.63, 3.8) is 0 Å². The minimum absolute atomic E-state index is 0. The average molecular weight is 397 g/mol. The largest absolute Gasteiger partial charge is 3.00 e. The van der Waals surface area contributed by atoms with Gasteiger partial charge in [-0.3, -0.25) is 14.4 Å². The van der Waals surface area contributed by atoms with Gasteiger partial charge in [0, 0.05) is 12.4 Å². The van der Waals surface area contributed by atoms with Gasteiger partial charge in [-0.25, -0.2) is 0 Å². The summed E-state index contributed by atoms with van der Waals surface area (Å²) < 4.78 is 4.49. The number of Topliss-reactive ketones (excluding diaryl/α,β-unsaturated/α-hetero) is 2. The summed E-state index contributed by atoms with van der Waals surface area (Å²) in [5.41, 5.74) is 0. The maximum atomic E-state index is 10.4. The number of carboxylic acid groups (broad SMARTS) is 1. The Balaban J connectivity index is -0.0000000746. The summed E-state index contributed by atoms with van der Waals surface area (Å²) in [6, 6.07) is 0. The van der Waals surface area contributed by atoms with E-state index in [9.17, 15) is 34.5 Å². The van der Waals surface area contributed by atoms with Crippen LogP contribution in [0.15, 0.2) is 0 Å². The molecular formula is C16H29O8Ti. The van der Waals surface area contributed by atoms with Crippen LogP contribution in [0.5, 0.6) is 0 Å². The van der Waals surface area contributed by atoms with E-state index in [-0.39, 0.29) is 39.7 Å². The van der Waals surface area contributed by atoms with E-state index in [0.29, 0.717) is 6.61 Å². The fourth-order valence-corrected chi connectivity index (χ4v) is 0.619. The maximum absolute atomic E-state index is 10.4. The van der Waals surface area contributed by atoms with Crippen LogP contribution in [-0.4, -0.2) is 42.3 Å². The fourth-order valence-electron chi connectivity index (χ4n) is 0.619. The number of ketones is 2. The first-order valence-corrected chi connectivity index (χ1v) is 7.42. The van der Waals surface area contributed by atoms with Crippen LogP contribution in [0.3, 0.4) is 0 Å². The Labute approximate surface area is 164 Å². The van der Waals surface area contributed by atoms with Gasteiger partial charge >= 0.3 is 27.7 Å². The number of hydrogen-bond donors (Lipinski definition) is 0. The molecule has 0 unspecified atom stereocenters. The molecule has 0 rings (SSSR count). The normalized spacial score (nSPS) is 8.28. The van der Waals surface area contributed by atoms with E-state index >= 15 is 0 Å². The van der Waals surface area contributed by atoms with Crippen molar-refractivity contribution in [2.24, 2.45) is 0 Å². The first-order valence-electron chi connectivity index (χ1n) is 7.42. The number of carbonyl (C=O) groups excluding carboxylic acids is 4. The monoisotopic (exact) mass is 397 g/mol. The van der Waals surface area contributed by atoms with E-state index in [4.69, 9.17) is 0 Å². The number of aliphatic carboxylic acids is 1. The van der Waals surface area contributed by atoms with Crippen LogP contribution in [0, 0.1) is 0 Å². The van der Waals surface area contributed by atoms with E-state index in [1.165, 1.54) is 13.8 Å². The molecular weight excluding hydrogens is 368 g/mol. The molecule has 0 aromatic carbocycles. The van der Waals surface area contributed by atoms with E-state index in [1.54, 1.807) is 34.6 Å². The molecule has 0 saturated carbocycles. The predicted octanol–water partition coefficient (Wildman–Crippen LogP) is -1.25. The molecule has 0 saturated heterocycles. The van der Waals surface area contributed by atoms with Gasteiger partial charge in [-0.2, -0.15) is 0 Å². The van der Waals surface area contributed by atoms with Crippen molar-refractivity contribution in [2.75, 3.05) is 6.61 Å². The van der Waals surface area contributed by atoms with Gasteiger partial charge < -0.3 is 24.9 Å². The molecule has 0 N–H and O–H groups in total. The van der Waals surface area contributed by atoms with Crippen LogP contribution < -0.4 is 15.3 Å². The molecule has 0 aromatic rings. The third-order valence-electron chi connectivity index (χ3n) is 1.09. The Kier molecular flexibility index (Phi) is 35.3. The standard InChI is InChI=1S/C6H10O3.C4H6O3.2C3H7O.Ti/c1-3-9-6(8)4-5(2)7;1-3(5)2-4(6)7;2*1-3(2)4;/h3-4H2,1-2H3;2H2,1H3,(H,6,7);2*3H,1-2H3;/q;;2*-1;+3/p-1. The Morgan fingerprint density at radius 3 is 1.24 bits per heavy atom. The Morgan fingerprint density at radius 1 is 0.840 bits per heavy atom. The van der Waals surface area contributed by atoms with Gasteiger partial charge in [-0.1, -0.05) is 27.7 Å². The van der Waals surface area contributed by atoms with Gasteiger partial charge in [0.05, 0.1) is 6.61 Å². The smallest absolute Gasteiger partial charge is 0.852 e. The van der Waals surface area contributed by atoms with Crippen molar-refractivity contribution in [1.29, 1.82) is 0 Å². The molecule has 145 valence electrons. The molecule has 8 nitrogen and oxygen atoms in total. The summed E-state index contributed by atoms with van der Waals surface area (Å²) in [7, 11) is 0. The molecule has 0 aliphatic carbocycles. The SMILES string of the molecule is CC(=O)CC(=O)[O-].CC(C)[O-].CC(C)[O-].CCOC(=O)CC(C)=O.[Ti+3]. The maximum Gasteiger partial charge on any atom is 3.00 e. The van der Waals surface area contributed by atoms with Gasteiger partial charge in [0.15, 0.2) is 0 Å². The molecule has 0 aliphatic heterocycles. The topological polar surface area (TPSA) is 147 Å². The number of carboxylic acids is 1. The molecule has 9 heteroatoms. The van der Waals surface area contributed by atoms with Gasteiger partial charge in [0.2, 0.25) is 0 Å². The van der Waals surface area contributed by atoms with Crippen LogP contribution in [0.25, 0.3) is 0 Å². The van der Waals surface area contributed by atoms with Crippen LogP contribution >= 0.6 is 0 Å². The first-order chi connectivity index (χ1) is 10.8.